The molecule has 1 fully saturated rings. The molecule has 1 aromatic rings. The molecule has 0 amide bonds. The molecule has 3 aliphatic rings. The number of carbonyl (C=O) groups excluding carboxylic acids is 1. The number of benzene rings is 1. The molecule has 1 aromatic carbocycles. The van der Waals surface area contributed by atoms with Gasteiger partial charge >= 0.3 is 0 Å². The van der Waals surface area contributed by atoms with Crippen LogP contribution in [0.4, 0.5) is 5.69 Å². The Morgan fingerprint density at radius 2 is 1.96 bits per heavy atom. The zero-order valence-corrected chi connectivity index (χ0v) is 13.8. The third-order valence-corrected chi connectivity index (χ3v) is 6.71. The maximum absolute atomic E-state index is 13.2. The smallest absolute Gasteiger partial charge is 0.269 e. The van der Waals surface area contributed by atoms with Gasteiger partial charge in [-0.3, -0.25) is 14.9 Å². The largest absolute Gasteiger partial charge is 0.364 e. The fourth-order valence-electron chi connectivity index (χ4n) is 3.70. The van der Waals surface area contributed by atoms with E-state index in [9.17, 15) is 23.3 Å². The van der Waals surface area contributed by atoms with E-state index < -0.39 is 32.6 Å². The minimum atomic E-state index is -3.98. The average Bonchev–Trinajstić information content (AvgIpc) is 2.87. The van der Waals surface area contributed by atoms with Crippen LogP contribution in [0.2, 0.25) is 0 Å². The highest BCUT2D eigenvalue weighted by molar-refractivity contribution is 7.89. The normalized spacial score (nSPS) is 31.1. The molecule has 0 aromatic heterocycles. The van der Waals surface area contributed by atoms with E-state index in [0.29, 0.717) is 0 Å². The van der Waals surface area contributed by atoms with Crippen LogP contribution in [0.25, 0.3) is 0 Å². The third-order valence-electron chi connectivity index (χ3n) is 4.74. The number of hydrogen-bond donors (Lipinski definition) is 0. The predicted molar refractivity (Wildman–Crippen MR) is 86.3 cm³/mol. The molecule has 9 heteroatoms. The lowest BCUT2D eigenvalue weighted by Gasteiger charge is -2.47. The Kier molecular flexibility index (Phi) is 3.43. The fraction of sp³-hybridized carbons (Fsp3) is 0.312. The Morgan fingerprint density at radius 3 is 2.64 bits per heavy atom. The van der Waals surface area contributed by atoms with Crippen molar-refractivity contribution >= 4 is 21.5 Å². The fourth-order valence-corrected chi connectivity index (χ4v) is 5.54. The molecule has 0 radical (unpaired) electrons. The van der Waals surface area contributed by atoms with Gasteiger partial charge in [0.2, 0.25) is 10.0 Å². The van der Waals surface area contributed by atoms with Gasteiger partial charge in [0.15, 0.2) is 5.78 Å². The zero-order valence-electron chi connectivity index (χ0n) is 12.9. The molecule has 3 atom stereocenters. The van der Waals surface area contributed by atoms with Crippen LogP contribution in [0.5, 0.6) is 0 Å². The molecule has 8 nitrogen and oxygen atoms in total. The molecule has 4 rings (SSSR count). The van der Waals surface area contributed by atoms with Crippen LogP contribution in [0.3, 0.4) is 0 Å². The lowest BCUT2D eigenvalue weighted by atomic mass is 9.85. The van der Waals surface area contributed by atoms with Gasteiger partial charge in [-0.2, -0.15) is 4.31 Å². The van der Waals surface area contributed by atoms with Gasteiger partial charge in [-0.15, -0.1) is 0 Å². The van der Waals surface area contributed by atoms with Crippen molar-refractivity contribution in [3.63, 3.8) is 0 Å². The Morgan fingerprint density at radius 1 is 1.24 bits per heavy atom. The van der Waals surface area contributed by atoms with Crippen LogP contribution < -0.4 is 0 Å². The molecule has 2 bridgehead atoms. The number of piperidine rings is 1. The molecular weight excluding hydrogens is 348 g/mol. The van der Waals surface area contributed by atoms with E-state index in [4.69, 9.17) is 4.74 Å². The van der Waals surface area contributed by atoms with E-state index in [0.717, 1.165) is 12.1 Å². The summed E-state index contributed by atoms with van der Waals surface area (Å²) in [6.07, 6.45) is 5.97. The van der Waals surface area contributed by atoms with Crippen LogP contribution in [0.15, 0.2) is 53.5 Å². The Labute approximate surface area is 143 Å². The van der Waals surface area contributed by atoms with E-state index in [1.807, 2.05) is 0 Å². The van der Waals surface area contributed by atoms with E-state index in [2.05, 4.69) is 0 Å². The Hall–Kier alpha value is -2.36. The Balaban J connectivity index is 1.80. The number of Topliss-reactive ketones (excluding diaryl/α,β-unsaturated/α-hetero) is 1. The summed E-state index contributed by atoms with van der Waals surface area (Å²) in [7, 11) is -3.98. The zero-order chi connectivity index (χ0) is 17.8. The van der Waals surface area contributed by atoms with Crippen LogP contribution >= 0.6 is 0 Å². The molecular formula is C16H14N2O6S. The minimum Gasteiger partial charge on any atom is -0.364 e. The molecule has 3 heterocycles. The molecule has 0 aliphatic carbocycles. The first kappa shape index (κ1) is 16.1. The molecule has 1 saturated heterocycles. The van der Waals surface area contributed by atoms with E-state index in [-0.39, 0.29) is 29.4 Å². The van der Waals surface area contributed by atoms with Crippen molar-refractivity contribution in [3.8, 4) is 0 Å². The summed E-state index contributed by atoms with van der Waals surface area (Å²) >= 11 is 0. The summed E-state index contributed by atoms with van der Waals surface area (Å²) in [6.45, 7) is 0.252. The van der Waals surface area contributed by atoms with Gasteiger partial charge in [-0.25, -0.2) is 8.42 Å². The number of non-ortho nitro benzene ring substituents is 1. The first-order chi connectivity index (χ1) is 11.9. The van der Waals surface area contributed by atoms with Gasteiger partial charge in [0.05, 0.1) is 22.5 Å². The van der Waals surface area contributed by atoms with E-state index in [1.54, 1.807) is 24.3 Å². The third kappa shape index (κ3) is 2.20. The van der Waals surface area contributed by atoms with E-state index >= 15 is 0 Å². The molecule has 0 saturated carbocycles. The standard InChI is InChI=1S/C16H14N2O6S/c19-14-10-12-6-8-16(7-1-9-24-15(14)16)17(12)25(22,23)13-4-2-11(3-5-13)18(20)21/h1-8,12,15H,9-10H2/t12-,15+,16+/m1/s1. The summed E-state index contributed by atoms with van der Waals surface area (Å²) in [5.41, 5.74) is -1.36. The summed E-state index contributed by atoms with van der Waals surface area (Å²) < 4.78 is 33.2. The minimum absolute atomic E-state index is 0.0446. The van der Waals surface area contributed by atoms with Crippen LogP contribution in [-0.2, 0) is 19.6 Å². The summed E-state index contributed by atoms with van der Waals surface area (Å²) in [5, 5.41) is 10.8. The molecule has 0 N–H and O–H groups in total. The van der Waals surface area contributed by atoms with Gasteiger partial charge in [-0.05, 0) is 12.1 Å². The quantitative estimate of drug-likeness (QED) is 0.454. The maximum Gasteiger partial charge on any atom is 0.269 e. The van der Waals surface area contributed by atoms with Crippen molar-refractivity contribution in [3.05, 3.63) is 58.7 Å². The summed E-state index contributed by atoms with van der Waals surface area (Å²) in [4.78, 5) is 22.4. The number of fused-ring (bicyclic) bond motifs is 1. The number of ether oxygens (including phenoxy) is 1. The van der Waals surface area contributed by atoms with Gasteiger partial charge < -0.3 is 4.74 Å². The van der Waals surface area contributed by atoms with Crippen LogP contribution in [-0.4, -0.2) is 47.7 Å². The summed E-state index contributed by atoms with van der Waals surface area (Å²) in [5.74, 6) is -0.130. The Bertz CT molecular complexity index is 920. The number of ketones is 1. The molecule has 0 unspecified atom stereocenters. The first-order valence-electron chi connectivity index (χ1n) is 7.67. The molecule has 3 aliphatic heterocycles. The number of nitro groups is 1. The SMILES string of the molecule is O=C1C[C@H]2C=C[C@]3(C=CCO[C@@H]13)N2S(=O)(=O)c1ccc([N+](=O)[O-])cc1. The predicted octanol–water partition coefficient (Wildman–Crippen LogP) is 1.19. The highest BCUT2D eigenvalue weighted by atomic mass is 32.2. The lowest BCUT2D eigenvalue weighted by molar-refractivity contribution is -0.384. The maximum atomic E-state index is 13.2. The second-order valence-corrected chi connectivity index (χ2v) is 7.97. The lowest BCUT2D eigenvalue weighted by Crippen LogP contribution is -2.64. The van der Waals surface area contributed by atoms with Crippen molar-refractivity contribution in [1.82, 2.24) is 4.31 Å². The van der Waals surface area contributed by atoms with Crippen molar-refractivity contribution in [1.29, 1.82) is 0 Å². The molecule has 1 spiro atoms. The van der Waals surface area contributed by atoms with Crippen molar-refractivity contribution in [2.24, 2.45) is 0 Å². The molecule has 130 valence electrons. The number of sulfonamides is 1. The highest BCUT2D eigenvalue weighted by Crippen LogP contribution is 2.45. The number of nitrogens with zero attached hydrogens (tertiary/aromatic N) is 2. The van der Waals surface area contributed by atoms with Crippen molar-refractivity contribution in [2.45, 2.75) is 29.0 Å². The van der Waals surface area contributed by atoms with Crippen molar-refractivity contribution < 1.29 is 22.9 Å². The monoisotopic (exact) mass is 362 g/mol. The van der Waals surface area contributed by atoms with Crippen LogP contribution in [0.1, 0.15) is 6.42 Å². The van der Waals surface area contributed by atoms with Gasteiger partial charge in [0.25, 0.3) is 5.69 Å². The second-order valence-electron chi connectivity index (χ2n) is 6.15. The highest BCUT2D eigenvalue weighted by Gasteiger charge is 2.59. The van der Waals surface area contributed by atoms with Gasteiger partial charge in [0, 0.05) is 18.6 Å². The number of rotatable bonds is 3. The second kappa shape index (κ2) is 5.32. The number of nitro benzene ring substituents is 1. The van der Waals surface area contributed by atoms with Gasteiger partial charge in [0.1, 0.15) is 11.6 Å². The van der Waals surface area contributed by atoms with Crippen molar-refractivity contribution in [2.75, 3.05) is 6.61 Å². The van der Waals surface area contributed by atoms with Crippen LogP contribution in [0, 0.1) is 10.1 Å². The number of carbonyl (C=O) groups is 1. The van der Waals surface area contributed by atoms with E-state index in [1.165, 1.54) is 16.4 Å². The summed E-state index contributed by atoms with van der Waals surface area (Å²) in [6, 6.07) is 4.14. The average molecular weight is 362 g/mol. The van der Waals surface area contributed by atoms with Gasteiger partial charge in [-0.1, -0.05) is 24.3 Å². The molecule has 25 heavy (non-hydrogen) atoms. The topological polar surface area (TPSA) is 107 Å². The first-order valence-corrected chi connectivity index (χ1v) is 9.11. The number of hydrogen-bond acceptors (Lipinski definition) is 6.